The molecule has 0 saturated carbocycles. The highest BCUT2D eigenvalue weighted by atomic mass is 32.2. The number of hydrogen-bond donors (Lipinski definition) is 3. The van der Waals surface area contributed by atoms with Gasteiger partial charge in [0.05, 0.1) is 5.69 Å². The van der Waals surface area contributed by atoms with Crippen LogP contribution < -0.4 is 5.32 Å². The maximum Gasteiger partial charge on any atom is 0.354 e. The molecule has 19 heavy (non-hydrogen) atoms. The van der Waals surface area contributed by atoms with Gasteiger partial charge in [-0.1, -0.05) is 0 Å². The van der Waals surface area contributed by atoms with E-state index < -0.39 is 5.97 Å². The van der Waals surface area contributed by atoms with Gasteiger partial charge in [0.15, 0.2) is 0 Å². The topological polar surface area (TPSA) is 85.4 Å². The fourth-order valence-corrected chi connectivity index (χ4v) is 3.09. The number of nitrogens with zero attached hydrogens (tertiary/aromatic N) is 1. The Kier molecular flexibility index (Phi) is 4.04. The molecule has 1 aliphatic rings. The molecule has 2 rings (SSSR count). The van der Waals surface area contributed by atoms with E-state index >= 15 is 0 Å². The van der Waals surface area contributed by atoms with E-state index in [1.54, 1.807) is 17.9 Å². The van der Waals surface area contributed by atoms with Crippen LogP contribution in [0, 0.1) is 6.92 Å². The van der Waals surface area contributed by atoms with Gasteiger partial charge in [-0.05, 0) is 19.9 Å². The van der Waals surface area contributed by atoms with Crippen LogP contribution >= 0.6 is 11.8 Å². The van der Waals surface area contributed by atoms with Crippen molar-refractivity contribution in [3.63, 3.8) is 0 Å². The van der Waals surface area contributed by atoms with Crippen LogP contribution in [0.1, 0.15) is 23.1 Å². The Labute approximate surface area is 115 Å². The van der Waals surface area contributed by atoms with Gasteiger partial charge in [0.25, 0.3) is 0 Å². The van der Waals surface area contributed by atoms with Crippen molar-refractivity contribution in [2.24, 2.45) is 0 Å². The number of anilines is 1. The summed E-state index contributed by atoms with van der Waals surface area (Å²) in [5.41, 5.74) is 1.04. The van der Waals surface area contributed by atoms with Gasteiger partial charge < -0.3 is 20.3 Å². The standard InChI is InChI=1S/C12H17N3O3S/c1-7-5-9(10(13-7)11(16)17)14-12(18)15-3-4-19-6-8(15)2/h5,8,13H,3-4,6H2,1-2H3,(H,14,18)(H,16,17). The van der Waals surface area contributed by atoms with Crippen LogP contribution in [0.3, 0.4) is 0 Å². The van der Waals surface area contributed by atoms with Crippen LogP contribution in [0.5, 0.6) is 0 Å². The van der Waals surface area contributed by atoms with Crippen LogP contribution in [-0.4, -0.2) is 51.1 Å². The maximum atomic E-state index is 12.2. The zero-order valence-electron chi connectivity index (χ0n) is 10.9. The predicted molar refractivity (Wildman–Crippen MR) is 75.0 cm³/mol. The number of aromatic nitrogens is 1. The Morgan fingerprint density at radius 1 is 1.58 bits per heavy atom. The van der Waals surface area contributed by atoms with E-state index in [-0.39, 0.29) is 17.8 Å². The molecule has 3 N–H and O–H groups in total. The smallest absolute Gasteiger partial charge is 0.354 e. The number of aryl methyl sites for hydroxylation is 1. The summed E-state index contributed by atoms with van der Waals surface area (Å²) < 4.78 is 0. The fraction of sp³-hybridized carbons (Fsp3) is 0.500. The number of thioether (sulfide) groups is 1. The van der Waals surface area contributed by atoms with Crippen molar-refractivity contribution in [1.29, 1.82) is 0 Å². The minimum Gasteiger partial charge on any atom is -0.477 e. The highest BCUT2D eigenvalue weighted by Gasteiger charge is 2.25. The number of carboxylic acids is 1. The number of amides is 2. The lowest BCUT2D eigenvalue weighted by molar-refractivity contribution is 0.0692. The number of aromatic amines is 1. The second-order valence-corrected chi connectivity index (χ2v) is 5.74. The molecule has 1 fully saturated rings. The van der Waals surface area contributed by atoms with E-state index in [4.69, 9.17) is 5.11 Å². The summed E-state index contributed by atoms with van der Waals surface area (Å²) >= 11 is 1.82. The van der Waals surface area contributed by atoms with Crippen molar-refractivity contribution in [2.45, 2.75) is 19.9 Å². The van der Waals surface area contributed by atoms with Gasteiger partial charge in [0, 0.05) is 29.8 Å². The van der Waals surface area contributed by atoms with E-state index in [9.17, 15) is 9.59 Å². The number of hydrogen-bond acceptors (Lipinski definition) is 3. The summed E-state index contributed by atoms with van der Waals surface area (Å²) in [6.45, 7) is 4.43. The largest absolute Gasteiger partial charge is 0.477 e. The Morgan fingerprint density at radius 3 is 2.95 bits per heavy atom. The minimum absolute atomic E-state index is 0.0184. The molecule has 0 aliphatic carbocycles. The molecule has 0 spiro atoms. The summed E-state index contributed by atoms with van der Waals surface area (Å²) in [4.78, 5) is 27.7. The lowest BCUT2D eigenvalue weighted by Gasteiger charge is -2.32. The number of urea groups is 1. The highest BCUT2D eigenvalue weighted by molar-refractivity contribution is 7.99. The lowest BCUT2D eigenvalue weighted by Crippen LogP contribution is -2.46. The molecule has 1 atom stereocenters. The molecule has 7 heteroatoms. The molecule has 2 heterocycles. The molecule has 1 aliphatic heterocycles. The number of rotatable bonds is 2. The van der Waals surface area contributed by atoms with Crippen molar-refractivity contribution < 1.29 is 14.7 Å². The summed E-state index contributed by atoms with van der Waals surface area (Å²) in [5.74, 6) is 0.742. The summed E-state index contributed by atoms with van der Waals surface area (Å²) in [5, 5.41) is 11.7. The molecule has 0 radical (unpaired) electrons. The van der Waals surface area contributed by atoms with E-state index in [0.717, 1.165) is 11.5 Å². The van der Waals surface area contributed by atoms with Crippen molar-refractivity contribution in [1.82, 2.24) is 9.88 Å². The molecular formula is C12H17N3O3S. The fourth-order valence-electron chi connectivity index (χ4n) is 2.07. The highest BCUT2D eigenvalue weighted by Crippen LogP contribution is 2.20. The number of carbonyl (C=O) groups is 2. The van der Waals surface area contributed by atoms with Crippen LogP contribution in [0.4, 0.5) is 10.5 Å². The monoisotopic (exact) mass is 283 g/mol. The average molecular weight is 283 g/mol. The van der Waals surface area contributed by atoms with E-state index in [1.807, 2.05) is 18.7 Å². The maximum absolute atomic E-state index is 12.2. The van der Waals surface area contributed by atoms with Crippen molar-refractivity contribution in [3.05, 3.63) is 17.5 Å². The zero-order valence-corrected chi connectivity index (χ0v) is 11.7. The Hall–Kier alpha value is -1.63. The molecular weight excluding hydrogens is 266 g/mol. The van der Waals surface area contributed by atoms with Crippen LogP contribution in [0.15, 0.2) is 6.07 Å². The second kappa shape index (κ2) is 5.56. The third kappa shape index (κ3) is 3.04. The van der Waals surface area contributed by atoms with Gasteiger partial charge in [0.1, 0.15) is 5.69 Å². The SMILES string of the molecule is Cc1cc(NC(=O)N2CCSCC2C)c(C(=O)O)[nH]1. The van der Waals surface area contributed by atoms with Crippen molar-refractivity contribution in [3.8, 4) is 0 Å². The number of nitrogens with one attached hydrogen (secondary N) is 2. The Balaban J connectivity index is 2.12. The molecule has 0 aromatic carbocycles. The summed E-state index contributed by atoms with van der Waals surface area (Å²) in [6.07, 6.45) is 0. The van der Waals surface area contributed by atoms with Gasteiger partial charge in [0.2, 0.25) is 0 Å². The summed E-state index contributed by atoms with van der Waals surface area (Å²) in [6, 6.07) is 1.55. The Morgan fingerprint density at radius 2 is 2.32 bits per heavy atom. The first-order chi connectivity index (χ1) is 8.99. The van der Waals surface area contributed by atoms with E-state index in [2.05, 4.69) is 10.3 Å². The van der Waals surface area contributed by atoms with E-state index in [1.165, 1.54) is 0 Å². The Bertz CT molecular complexity index is 500. The van der Waals surface area contributed by atoms with Crippen LogP contribution in [0.25, 0.3) is 0 Å². The first kappa shape index (κ1) is 13.8. The zero-order chi connectivity index (χ0) is 14.0. The molecule has 1 aromatic heterocycles. The predicted octanol–water partition coefficient (Wildman–Crippen LogP) is 1.99. The third-order valence-electron chi connectivity index (χ3n) is 3.04. The number of carboxylic acid groups (broad SMARTS) is 1. The van der Waals surface area contributed by atoms with Gasteiger partial charge in [-0.25, -0.2) is 9.59 Å². The summed E-state index contributed by atoms with van der Waals surface area (Å²) in [7, 11) is 0. The van der Waals surface area contributed by atoms with Gasteiger partial charge >= 0.3 is 12.0 Å². The molecule has 104 valence electrons. The lowest BCUT2D eigenvalue weighted by atomic mass is 10.3. The van der Waals surface area contributed by atoms with E-state index in [0.29, 0.717) is 17.9 Å². The second-order valence-electron chi connectivity index (χ2n) is 4.59. The first-order valence-electron chi connectivity index (χ1n) is 6.07. The van der Waals surface area contributed by atoms with Crippen molar-refractivity contribution in [2.75, 3.05) is 23.4 Å². The minimum atomic E-state index is -1.08. The molecule has 1 saturated heterocycles. The van der Waals surface area contributed by atoms with Gasteiger partial charge in [-0.15, -0.1) is 0 Å². The van der Waals surface area contributed by atoms with Crippen LogP contribution in [-0.2, 0) is 0 Å². The number of carbonyl (C=O) groups excluding carboxylic acids is 1. The molecule has 6 nitrogen and oxygen atoms in total. The van der Waals surface area contributed by atoms with Gasteiger partial charge in [-0.3, -0.25) is 0 Å². The molecule has 1 aromatic rings. The third-order valence-corrected chi connectivity index (χ3v) is 4.23. The average Bonchev–Trinajstić information content (AvgIpc) is 2.70. The molecule has 2 amide bonds. The number of aromatic carboxylic acids is 1. The first-order valence-corrected chi connectivity index (χ1v) is 7.22. The molecule has 0 bridgehead atoms. The number of H-pyrrole nitrogens is 1. The molecule has 1 unspecified atom stereocenters. The van der Waals surface area contributed by atoms with Gasteiger partial charge in [-0.2, -0.15) is 11.8 Å². The normalized spacial score (nSPS) is 19.3. The van der Waals surface area contributed by atoms with Crippen molar-refractivity contribution >= 4 is 29.4 Å². The quantitative estimate of drug-likeness (QED) is 0.775. The van der Waals surface area contributed by atoms with Crippen LogP contribution in [0.2, 0.25) is 0 Å².